The number of carbonyl (C=O) groups excluding carboxylic acids is 1. The van der Waals surface area contributed by atoms with E-state index in [0.717, 1.165) is 32.0 Å². The molecule has 0 spiro atoms. The number of piperazine rings is 1. The van der Waals surface area contributed by atoms with Gasteiger partial charge in [-0.3, -0.25) is 4.79 Å². The summed E-state index contributed by atoms with van der Waals surface area (Å²) in [4.78, 5) is 17.5. The van der Waals surface area contributed by atoms with Crippen LogP contribution in [0.1, 0.15) is 46.0 Å². The summed E-state index contributed by atoms with van der Waals surface area (Å²) in [6.07, 6.45) is 6.28. The van der Waals surface area contributed by atoms with E-state index in [1.165, 1.54) is 51.9 Å². The minimum absolute atomic E-state index is 0.0541. The number of nitrogens with one attached hydrogen (secondary N) is 2. The van der Waals surface area contributed by atoms with Crippen LogP contribution in [0.5, 0.6) is 0 Å². The van der Waals surface area contributed by atoms with Gasteiger partial charge in [0.15, 0.2) is 0 Å². The van der Waals surface area contributed by atoms with Gasteiger partial charge in [-0.2, -0.15) is 0 Å². The summed E-state index contributed by atoms with van der Waals surface area (Å²) in [5.41, 5.74) is 0. The Morgan fingerprint density at radius 1 is 1.17 bits per heavy atom. The quantitative estimate of drug-likeness (QED) is 0.767. The van der Waals surface area contributed by atoms with Crippen LogP contribution in [-0.2, 0) is 4.79 Å². The first kappa shape index (κ1) is 18.2. The zero-order valence-electron chi connectivity index (χ0n) is 15.6. The fourth-order valence-electron chi connectivity index (χ4n) is 4.71. The highest BCUT2D eigenvalue weighted by atomic mass is 16.2. The number of likely N-dealkylation sites (N-methyl/N-ethyl adjacent to an activating group) is 1. The van der Waals surface area contributed by atoms with Crippen LogP contribution in [0.4, 0.5) is 0 Å². The van der Waals surface area contributed by atoms with Crippen molar-refractivity contribution in [2.24, 2.45) is 11.8 Å². The van der Waals surface area contributed by atoms with Crippen molar-refractivity contribution in [1.29, 1.82) is 0 Å². The van der Waals surface area contributed by atoms with E-state index in [-0.39, 0.29) is 11.9 Å². The first-order valence-electron chi connectivity index (χ1n) is 10.1. The summed E-state index contributed by atoms with van der Waals surface area (Å²) < 4.78 is 0. The third-order valence-electron chi connectivity index (χ3n) is 6.29. The molecular weight excluding hydrogens is 300 g/mol. The fourth-order valence-corrected chi connectivity index (χ4v) is 4.71. The Morgan fingerprint density at radius 3 is 2.58 bits per heavy atom. The third kappa shape index (κ3) is 4.70. The maximum Gasteiger partial charge on any atom is 0.237 e. The lowest BCUT2D eigenvalue weighted by Crippen LogP contribution is -2.49. The second-order valence-corrected chi connectivity index (χ2v) is 8.19. The SMILES string of the molecule is CCN1CCN(CC(C)CNC(=O)C2CC3CCCCC3N2)CC1. The second kappa shape index (κ2) is 8.63. The number of fused-ring (bicyclic) bond motifs is 1. The molecule has 3 aliphatic rings. The van der Waals surface area contributed by atoms with Crippen LogP contribution in [0.25, 0.3) is 0 Å². The Labute approximate surface area is 147 Å². The molecule has 5 nitrogen and oxygen atoms in total. The maximum atomic E-state index is 12.5. The van der Waals surface area contributed by atoms with Crippen molar-refractivity contribution in [2.45, 2.75) is 58.0 Å². The van der Waals surface area contributed by atoms with Gasteiger partial charge in [0.05, 0.1) is 6.04 Å². The van der Waals surface area contributed by atoms with Crippen molar-refractivity contribution in [3.05, 3.63) is 0 Å². The van der Waals surface area contributed by atoms with E-state index in [2.05, 4.69) is 34.3 Å². The molecule has 1 saturated carbocycles. The van der Waals surface area contributed by atoms with Crippen molar-refractivity contribution in [1.82, 2.24) is 20.4 Å². The molecule has 0 aromatic heterocycles. The maximum absolute atomic E-state index is 12.5. The molecule has 2 saturated heterocycles. The summed E-state index contributed by atoms with van der Waals surface area (Å²) in [6.45, 7) is 12.3. The Balaban J connectivity index is 1.34. The molecule has 3 fully saturated rings. The van der Waals surface area contributed by atoms with Crippen LogP contribution in [0, 0.1) is 11.8 Å². The van der Waals surface area contributed by atoms with Crippen LogP contribution in [0.2, 0.25) is 0 Å². The van der Waals surface area contributed by atoms with Gasteiger partial charge in [0.1, 0.15) is 0 Å². The Hall–Kier alpha value is -0.650. The van der Waals surface area contributed by atoms with Gasteiger partial charge in [-0.05, 0) is 37.6 Å². The molecule has 0 bridgehead atoms. The summed E-state index contributed by atoms with van der Waals surface area (Å²) in [6, 6.07) is 0.653. The van der Waals surface area contributed by atoms with E-state index in [9.17, 15) is 4.79 Å². The molecule has 4 atom stereocenters. The van der Waals surface area contributed by atoms with Crippen LogP contribution in [0.3, 0.4) is 0 Å². The Morgan fingerprint density at radius 2 is 1.88 bits per heavy atom. The minimum atomic E-state index is 0.0541. The van der Waals surface area contributed by atoms with Gasteiger partial charge >= 0.3 is 0 Å². The lowest BCUT2D eigenvalue weighted by atomic mass is 9.85. The molecule has 2 aliphatic heterocycles. The Kier molecular flexibility index (Phi) is 6.53. The zero-order chi connectivity index (χ0) is 16.9. The number of hydrogen-bond acceptors (Lipinski definition) is 4. The van der Waals surface area contributed by atoms with E-state index >= 15 is 0 Å². The highest BCUT2D eigenvalue weighted by Crippen LogP contribution is 2.33. The van der Waals surface area contributed by atoms with Crippen LogP contribution in [-0.4, -0.2) is 73.6 Å². The zero-order valence-corrected chi connectivity index (χ0v) is 15.6. The van der Waals surface area contributed by atoms with Crippen LogP contribution in [0.15, 0.2) is 0 Å². The fraction of sp³-hybridized carbons (Fsp3) is 0.947. The molecule has 0 aromatic carbocycles. The highest BCUT2D eigenvalue weighted by molar-refractivity contribution is 5.82. The van der Waals surface area contributed by atoms with Crippen molar-refractivity contribution < 1.29 is 4.79 Å². The van der Waals surface area contributed by atoms with Gasteiger partial charge in [-0.15, -0.1) is 0 Å². The Bertz CT molecular complexity index is 394. The van der Waals surface area contributed by atoms with Gasteiger partial charge in [0.2, 0.25) is 5.91 Å². The average molecular weight is 337 g/mol. The number of carbonyl (C=O) groups is 1. The first-order valence-corrected chi connectivity index (χ1v) is 10.1. The molecule has 24 heavy (non-hydrogen) atoms. The van der Waals surface area contributed by atoms with Gasteiger partial charge < -0.3 is 20.4 Å². The molecule has 5 heteroatoms. The largest absolute Gasteiger partial charge is 0.354 e. The first-order chi connectivity index (χ1) is 11.7. The van der Waals surface area contributed by atoms with Crippen LogP contribution >= 0.6 is 0 Å². The lowest BCUT2D eigenvalue weighted by molar-refractivity contribution is -0.123. The van der Waals surface area contributed by atoms with E-state index in [1.807, 2.05) is 0 Å². The summed E-state index contributed by atoms with van der Waals surface area (Å²) in [5, 5.41) is 6.79. The smallest absolute Gasteiger partial charge is 0.237 e. The van der Waals surface area contributed by atoms with Crippen molar-refractivity contribution >= 4 is 5.91 Å². The van der Waals surface area contributed by atoms with E-state index in [0.29, 0.717) is 12.0 Å². The van der Waals surface area contributed by atoms with E-state index < -0.39 is 0 Å². The number of rotatable bonds is 6. The molecule has 2 heterocycles. The summed E-state index contributed by atoms with van der Waals surface area (Å²) >= 11 is 0. The minimum Gasteiger partial charge on any atom is -0.354 e. The monoisotopic (exact) mass is 336 g/mol. The van der Waals surface area contributed by atoms with Gasteiger partial charge in [0.25, 0.3) is 0 Å². The predicted octanol–water partition coefficient (Wildman–Crippen LogP) is 1.30. The number of hydrogen-bond donors (Lipinski definition) is 2. The van der Waals surface area contributed by atoms with Crippen molar-refractivity contribution in [2.75, 3.05) is 45.8 Å². The molecule has 0 radical (unpaired) electrons. The predicted molar refractivity (Wildman–Crippen MR) is 98.0 cm³/mol. The van der Waals surface area contributed by atoms with Gasteiger partial charge in [-0.1, -0.05) is 26.7 Å². The van der Waals surface area contributed by atoms with Gasteiger partial charge in [-0.25, -0.2) is 0 Å². The topological polar surface area (TPSA) is 47.6 Å². The summed E-state index contributed by atoms with van der Waals surface area (Å²) in [5.74, 6) is 1.49. The van der Waals surface area contributed by atoms with Crippen molar-refractivity contribution in [3.8, 4) is 0 Å². The molecule has 4 unspecified atom stereocenters. The number of amides is 1. The average Bonchev–Trinajstić information content (AvgIpc) is 3.04. The molecule has 138 valence electrons. The normalized spacial score (nSPS) is 33.2. The van der Waals surface area contributed by atoms with E-state index in [4.69, 9.17) is 0 Å². The van der Waals surface area contributed by atoms with Crippen LogP contribution < -0.4 is 10.6 Å². The van der Waals surface area contributed by atoms with Crippen molar-refractivity contribution in [3.63, 3.8) is 0 Å². The molecular formula is C19H36N4O. The molecule has 3 rings (SSSR count). The lowest BCUT2D eigenvalue weighted by Gasteiger charge is -2.35. The molecule has 0 aromatic rings. The third-order valence-corrected chi connectivity index (χ3v) is 6.29. The number of nitrogens with zero attached hydrogens (tertiary/aromatic N) is 2. The standard InChI is InChI=1S/C19H36N4O/c1-3-22-8-10-23(11-9-22)14-15(2)13-20-19(24)18-12-16-6-4-5-7-17(16)21-18/h15-18,21H,3-14H2,1-2H3,(H,20,24). The second-order valence-electron chi connectivity index (χ2n) is 8.19. The molecule has 1 aliphatic carbocycles. The van der Waals surface area contributed by atoms with Gasteiger partial charge in [0, 0.05) is 45.3 Å². The molecule has 2 N–H and O–H groups in total. The molecule has 1 amide bonds. The van der Waals surface area contributed by atoms with E-state index in [1.54, 1.807) is 0 Å². The summed E-state index contributed by atoms with van der Waals surface area (Å²) in [7, 11) is 0. The highest BCUT2D eigenvalue weighted by Gasteiger charge is 2.38.